The Bertz CT molecular complexity index is 842. The Morgan fingerprint density at radius 2 is 1.93 bits per heavy atom. The summed E-state index contributed by atoms with van der Waals surface area (Å²) in [4.78, 5) is 34.9. The first-order valence-corrected chi connectivity index (χ1v) is 9.30. The van der Waals surface area contributed by atoms with E-state index in [1.54, 1.807) is 25.1 Å². The minimum atomic E-state index is -0.563. The molecule has 0 saturated carbocycles. The van der Waals surface area contributed by atoms with Gasteiger partial charge in [0.25, 0.3) is 11.6 Å². The maximum Gasteiger partial charge on any atom is 0.307 e. The van der Waals surface area contributed by atoms with Gasteiger partial charge in [-0.2, -0.15) is 0 Å². The Balaban J connectivity index is 1.73. The molecule has 0 atom stereocenters. The largest absolute Gasteiger partial charge is 0.456 e. The number of hydrogen-bond donors (Lipinski definition) is 1. The van der Waals surface area contributed by atoms with Crippen LogP contribution in [0.2, 0.25) is 5.02 Å². The average molecular weight is 409 g/mol. The minimum absolute atomic E-state index is 0.0935. The number of nitro groups is 1. The van der Waals surface area contributed by atoms with Gasteiger partial charge in [0.15, 0.2) is 6.61 Å². The molecule has 0 aromatic heterocycles. The van der Waals surface area contributed by atoms with Crippen molar-refractivity contribution in [1.29, 1.82) is 0 Å². The van der Waals surface area contributed by atoms with Gasteiger partial charge in [0.2, 0.25) is 0 Å². The number of anilines is 1. The van der Waals surface area contributed by atoms with E-state index in [1.807, 2.05) is 12.1 Å². The highest BCUT2D eigenvalue weighted by atomic mass is 35.5. The number of rotatable bonds is 8. The molecule has 9 heteroatoms. The van der Waals surface area contributed by atoms with E-state index in [4.69, 9.17) is 16.3 Å². The van der Waals surface area contributed by atoms with E-state index >= 15 is 0 Å². The molecule has 1 N–H and O–H groups in total. The lowest BCUT2D eigenvalue weighted by atomic mass is 10.2. The van der Waals surface area contributed by atoms with Gasteiger partial charge in [0.1, 0.15) is 0 Å². The number of nitrogens with zero attached hydrogens (tertiary/aromatic N) is 1. The molecule has 0 aliphatic carbocycles. The maximum absolute atomic E-state index is 11.8. The molecule has 0 radical (unpaired) electrons. The molecule has 7 nitrogen and oxygen atoms in total. The quantitative estimate of drug-likeness (QED) is 0.304. The lowest BCUT2D eigenvalue weighted by Gasteiger charge is -2.07. The lowest BCUT2D eigenvalue weighted by Crippen LogP contribution is -2.21. The van der Waals surface area contributed by atoms with Crippen LogP contribution in [0.3, 0.4) is 0 Å². The van der Waals surface area contributed by atoms with E-state index in [1.165, 1.54) is 23.9 Å². The first kappa shape index (κ1) is 20.7. The fourth-order valence-corrected chi connectivity index (χ4v) is 3.04. The topological polar surface area (TPSA) is 98.5 Å². The Labute approximate surface area is 165 Å². The fourth-order valence-electron chi connectivity index (χ4n) is 2.08. The third kappa shape index (κ3) is 6.92. The molecule has 0 unspecified atom stereocenters. The van der Waals surface area contributed by atoms with Crippen molar-refractivity contribution in [2.45, 2.75) is 18.2 Å². The second-order valence-corrected chi connectivity index (χ2v) is 7.12. The molecule has 27 heavy (non-hydrogen) atoms. The molecule has 2 aromatic carbocycles. The number of benzene rings is 2. The number of aryl methyl sites for hydroxylation is 1. The molecule has 142 valence electrons. The number of thioether (sulfide) groups is 1. The standard InChI is InChI=1S/C18H17ClN2O5S/c1-12-2-5-14(10-16(12)21(24)25)20-17(22)11-26-18(23)8-9-27-15-6-3-13(19)4-7-15/h2-7,10H,8-9,11H2,1H3,(H,20,22). The van der Waals surface area contributed by atoms with E-state index in [-0.39, 0.29) is 17.8 Å². The van der Waals surface area contributed by atoms with Gasteiger partial charge in [-0.05, 0) is 37.3 Å². The Morgan fingerprint density at radius 3 is 2.59 bits per heavy atom. The van der Waals surface area contributed by atoms with Gasteiger partial charge < -0.3 is 10.1 Å². The van der Waals surface area contributed by atoms with Crippen LogP contribution in [0.15, 0.2) is 47.4 Å². The van der Waals surface area contributed by atoms with Gasteiger partial charge in [-0.25, -0.2) is 0 Å². The number of esters is 1. The molecule has 1 amide bonds. The van der Waals surface area contributed by atoms with Crippen LogP contribution in [-0.4, -0.2) is 29.2 Å². The van der Waals surface area contributed by atoms with E-state index in [0.29, 0.717) is 16.3 Å². The Morgan fingerprint density at radius 1 is 1.22 bits per heavy atom. The zero-order valence-corrected chi connectivity index (χ0v) is 16.0. The van der Waals surface area contributed by atoms with Gasteiger partial charge in [0, 0.05) is 33.0 Å². The maximum atomic E-state index is 11.8. The summed E-state index contributed by atoms with van der Waals surface area (Å²) in [6, 6.07) is 11.6. The van der Waals surface area contributed by atoms with E-state index < -0.39 is 23.4 Å². The predicted octanol–water partition coefficient (Wildman–Crippen LogP) is 4.22. The molecule has 0 heterocycles. The van der Waals surface area contributed by atoms with Gasteiger partial charge >= 0.3 is 5.97 Å². The van der Waals surface area contributed by atoms with E-state index in [0.717, 1.165) is 4.90 Å². The highest BCUT2D eigenvalue weighted by molar-refractivity contribution is 7.99. The third-order valence-electron chi connectivity index (χ3n) is 3.44. The minimum Gasteiger partial charge on any atom is -0.456 e. The molecule has 0 aliphatic rings. The third-order valence-corrected chi connectivity index (χ3v) is 4.71. The number of hydrogen-bond acceptors (Lipinski definition) is 6. The number of ether oxygens (including phenoxy) is 1. The summed E-state index contributed by atoms with van der Waals surface area (Å²) in [6.07, 6.45) is 0.149. The van der Waals surface area contributed by atoms with Gasteiger partial charge in [0.05, 0.1) is 11.3 Å². The fraction of sp³-hybridized carbons (Fsp3) is 0.222. The zero-order chi connectivity index (χ0) is 19.8. The predicted molar refractivity (Wildman–Crippen MR) is 104 cm³/mol. The Kier molecular flexibility index (Phi) is 7.63. The molecule has 0 bridgehead atoms. The van der Waals surface area contributed by atoms with Crippen molar-refractivity contribution in [3.05, 3.63) is 63.2 Å². The summed E-state index contributed by atoms with van der Waals surface area (Å²) in [5.74, 6) is -0.556. The first-order chi connectivity index (χ1) is 12.8. The van der Waals surface area contributed by atoms with Crippen LogP contribution in [0, 0.1) is 17.0 Å². The zero-order valence-electron chi connectivity index (χ0n) is 14.4. The summed E-state index contributed by atoms with van der Waals surface area (Å²) in [6.45, 7) is 1.15. The van der Waals surface area contributed by atoms with Crippen LogP contribution in [-0.2, 0) is 14.3 Å². The van der Waals surface area contributed by atoms with Crippen molar-refractivity contribution in [2.75, 3.05) is 17.7 Å². The molecule has 0 aliphatic heterocycles. The van der Waals surface area contributed by atoms with Crippen molar-refractivity contribution in [2.24, 2.45) is 0 Å². The molecule has 0 fully saturated rings. The van der Waals surface area contributed by atoms with Gasteiger partial charge in [-0.15, -0.1) is 11.8 Å². The summed E-state index contributed by atoms with van der Waals surface area (Å²) in [5, 5.41) is 14.0. The number of amides is 1. The van der Waals surface area contributed by atoms with Gasteiger partial charge in [-0.1, -0.05) is 17.7 Å². The van der Waals surface area contributed by atoms with Crippen LogP contribution in [0.1, 0.15) is 12.0 Å². The first-order valence-electron chi connectivity index (χ1n) is 7.94. The second-order valence-electron chi connectivity index (χ2n) is 5.52. The van der Waals surface area contributed by atoms with Crippen LogP contribution in [0.4, 0.5) is 11.4 Å². The summed E-state index contributed by atoms with van der Waals surface area (Å²) < 4.78 is 4.92. The summed E-state index contributed by atoms with van der Waals surface area (Å²) >= 11 is 7.28. The van der Waals surface area contributed by atoms with Crippen LogP contribution in [0.25, 0.3) is 0 Å². The molecule has 2 rings (SSSR count). The SMILES string of the molecule is Cc1ccc(NC(=O)COC(=O)CCSc2ccc(Cl)cc2)cc1[N+](=O)[O-]. The number of carbonyl (C=O) groups is 2. The highest BCUT2D eigenvalue weighted by Crippen LogP contribution is 2.22. The monoisotopic (exact) mass is 408 g/mol. The summed E-state index contributed by atoms with van der Waals surface area (Å²) in [5.41, 5.74) is 0.665. The van der Waals surface area contributed by atoms with E-state index in [2.05, 4.69) is 5.32 Å². The molecule has 2 aromatic rings. The van der Waals surface area contributed by atoms with Gasteiger partial charge in [-0.3, -0.25) is 19.7 Å². The number of nitrogens with one attached hydrogen (secondary N) is 1. The normalized spacial score (nSPS) is 10.3. The smallest absolute Gasteiger partial charge is 0.307 e. The van der Waals surface area contributed by atoms with Crippen molar-refractivity contribution >= 4 is 46.6 Å². The second kappa shape index (κ2) is 9.94. The van der Waals surface area contributed by atoms with Crippen molar-refractivity contribution in [1.82, 2.24) is 0 Å². The lowest BCUT2D eigenvalue weighted by molar-refractivity contribution is -0.385. The van der Waals surface area contributed by atoms with E-state index in [9.17, 15) is 19.7 Å². The molecular weight excluding hydrogens is 392 g/mol. The number of halogens is 1. The molecule has 0 spiro atoms. The van der Waals surface area contributed by atoms with Crippen LogP contribution >= 0.6 is 23.4 Å². The summed E-state index contributed by atoms with van der Waals surface area (Å²) in [7, 11) is 0. The number of carbonyl (C=O) groups excluding carboxylic acids is 2. The molecular formula is C18H17ClN2O5S. The van der Waals surface area contributed by atoms with Crippen LogP contribution in [0.5, 0.6) is 0 Å². The Hall–Kier alpha value is -2.58. The van der Waals surface area contributed by atoms with Crippen LogP contribution < -0.4 is 5.32 Å². The highest BCUT2D eigenvalue weighted by Gasteiger charge is 2.13. The molecule has 0 saturated heterocycles. The van der Waals surface area contributed by atoms with Crippen molar-refractivity contribution < 1.29 is 19.2 Å². The average Bonchev–Trinajstić information content (AvgIpc) is 2.63. The van der Waals surface area contributed by atoms with Crippen molar-refractivity contribution in [3.8, 4) is 0 Å². The number of nitro benzene ring substituents is 1. The van der Waals surface area contributed by atoms with Crippen molar-refractivity contribution in [3.63, 3.8) is 0 Å².